The first-order chi connectivity index (χ1) is 14.0. The Hall–Kier alpha value is -3.25. The number of aromatic nitrogens is 2. The van der Waals surface area contributed by atoms with Crippen LogP contribution in [0.2, 0.25) is 0 Å². The molecule has 1 N–H and O–H groups in total. The Morgan fingerprint density at radius 1 is 1.03 bits per heavy atom. The van der Waals surface area contributed by atoms with Gasteiger partial charge in [-0.3, -0.25) is 0 Å². The van der Waals surface area contributed by atoms with Crippen molar-refractivity contribution in [2.45, 2.75) is 12.5 Å². The topological polar surface area (TPSA) is 47.3 Å². The molecule has 0 saturated carbocycles. The summed E-state index contributed by atoms with van der Waals surface area (Å²) in [5, 5.41) is 15.9. The maximum absolute atomic E-state index is 13.8. The number of halogens is 2. The van der Waals surface area contributed by atoms with Crippen molar-refractivity contribution in [1.29, 1.82) is 0 Å². The standard InChI is InChI=1S/C23H20F2N2O2/c1-16-2-9-21(10-3-16)29-15-23(28,14-24)18-4-11-22-17(12-18)13-26-27(22)20-7-5-19(25)6-8-20/h2-13,28H,14-15H2,1H3. The molecule has 29 heavy (non-hydrogen) atoms. The number of ether oxygens (including phenoxy) is 1. The van der Waals surface area contributed by atoms with Crippen molar-refractivity contribution in [2.24, 2.45) is 0 Å². The molecule has 1 aromatic heterocycles. The Kier molecular flexibility index (Phi) is 5.03. The molecule has 1 atom stereocenters. The molecule has 4 aromatic rings. The highest BCUT2D eigenvalue weighted by Crippen LogP contribution is 2.28. The molecule has 0 radical (unpaired) electrons. The van der Waals surface area contributed by atoms with Crippen LogP contribution in [0.5, 0.6) is 5.75 Å². The van der Waals surface area contributed by atoms with E-state index in [-0.39, 0.29) is 12.4 Å². The minimum absolute atomic E-state index is 0.218. The molecule has 148 valence electrons. The second-order valence-electron chi connectivity index (χ2n) is 7.07. The van der Waals surface area contributed by atoms with E-state index < -0.39 is 12.3 Å². The molecule has 0 spiro atoms. The Morgan fingerprint density at radius 3 is 2.45 bits per heavy atom. The summed E-state index contributed by atoms with van der Waals surface area (Å²) in [6.45, 7) is 0.754. The largest absolute Gasteiger partial charge is 0.490 e. The van der Waals surface area contributed by atoms with Crippen LogP contribution < -0.4 is 4.74 Å². The molecule has 0 fully saturated rings. The first kappa shape index (κ1) is 19.1. The first-order valence-electron chi connectivity index (χ1n) is 9.20. The zero-order chi connectivity index (χ0) is 20.4. The van der Waals surface area contributed by atoms with Crippen LogP contribution in [0.25, 0.3) is 16.6 Å². The molecule has 0 aliphatic heterocycles. The van der Waals surface area contributed by atoms with Gasteiger partial charge in [-0.25, -0.2) is 13.5 Å². The van der Waals surface area contributed by atoms with Gasteiger partial charge in [-0.1, -0.05) is 23.8 Å². The Balaban J connectivity index is 1.61. The van der Waals surface area contributed by atoms with Gasteiger partial charge in [0.1, 0.15) is 24.8 Å². The first-order valence-corrected chi connectivity index (χ1v) is 9.20. The second kappa shape index (κ2) is 7.64. The summed E-state index contributed by atoms with van der Waals surface area (Å²) in [7, 11) is 0. The van der Waals surface area contributed by atoms with E-state index in [1.165, 1.54) is 12.1 Å². The van der Waals surface area contributed by atoms with Crippen molar-refractivity contribution in [3.05, 3.63) is 89.9 Å². The molecule has 0 aliphatic carbocycles. The highest BCUT2D eigenvalue weighted by Gasteiger charge is 2.31. The molecule has 0 amide bonds. The highest BCUT2D eigenvalue weighted by atomic mass is 19.1. The third-order valence-electron chi connectivity index (χ3n) is 4.90. The molecule has 4 rings (SSSR count). The SMILES string of the molecule is Cc1ccc(OCC(O)(CF)c2ccc3c(cnn3-c3ccc(F)cc3)c2)cc1. The van der Waals surface area contributed by atoms with Gasteiger partial charge in [0.15, 0.2) is 5.60 Å². The van der Waals surface area contributed by atoms with Gasteiger partial charge in [0.2, 0.25) is 0 Å². The van der Waals surface area contributed by atoms with Crippen LogP contribution in [0, 0.1) is 12.7 Å². The van der Waals surface area contributed by atoms with Gasteiger partial charge < -0.3 is 9.84 Å². The zero-order valence-corrected chi connectivity index (χ0v) is 15.8. The smallest absolute Gasteiger partial charge is 0.152 e. The summed E-state index contributed by atoms with van der Waals surface area (Å²) in [5.74, 6) is 0.238. The molecular weight excluding hydrogens is 374 g/mol. The number of hydrogen-bond donors (Lipinski definition) is 1. The lowest BCUT2D eigenvalue weighted by Crippen LogP contribution is -2.35. The number of rotatable bonds is 6. The summed E-state index contributed by atoms with van der Waals surface area (Å²) < 4.78 is 34.3. The van der Waals surface area contributed by atoms with Crippen molar-refractivity contribution < 1.29 is 18.6 Å². The fourth-order valence-corrected chi connectivity index (χ4v) is 3.15. The zero-order valence-electron chi connectivity index (χ0n) is 15.8. The predicted molar refractivity (Wildman–Crippen MR) is 108 cm³/mol. The van der Waals surface area contributed by atoms with Gasteiger partial charge >= 0.3 is 0 Å². The van der Waals surface area contributed by atoms with Gasteiger partial charge in [0.25, 0.3) is 0 Å². The van der Waals surface area contributed by atoms with Gasteiger partial charge in [0.05, 0.1) is 17.4 Å². The van der Waals surface area contributed by atoms with Gasteiger partial charge in [-0.15, -0.1) is 0 Å². The summed E-state index contributed by atoms with van der Waals surface area (Å²) in [6, 6.07) is 18.4. The summed E-state index contributed by atoms with van der Waals surface area (Å²) in [6.07, 6.45) is 1.63. The molecule has 1 unspecified atom stereocenters. The van der Waals surface area contributed by atoms with Gasteiger partial charge in [0, 0.05) is 5.39 Å². The lowest BCUT2D eigenvalue weighted by molar-refractivity contribution is -0.0289. The molecule has 0 aliphatic rings. The van der Waals surface area contributed by atoms with Gasteiger partial charge in [-0.2, -0.15) is 5.10 Å². The molecule has 6 heteroatoms. The number of hydrogen-bond acceptors (Lipinski definition) is 3. The third kappa shape index (κ3) is 3.84. The Labute approximate surface area is 167 Å². The quantitative estimate of drug-likeness (QED) is 0.515. The maximum Gasteiger partial charge on any atom is 0.152 e. The number of nitrogens with zero attached hydrogens (tertiary/aromatic N) is 2. The predicted octanol–water partition coefficient (Wildman–Crippen LogP) is 4.71. The molecule has 0 bridgehead atoms. The second-order valence-corrected chi connectivity index (χ2v) is 7.07. The van der Waals surface area contributed by atoms with Gasteiger partial charge in [-0.05, 0) is 61.0 Å². The molecule has 0 saturated heterocycles. The third-order valence-corrected chi connectivity index (χ3v) is 4.90. The monoisotopic (exact) mass is 394 g/mol. The van der Waals surface area contributed by atoms with Crippen molar-refractivity contribution in [3.8, 4) is 11.4 Å². The molecular formula is C23H20F2N2O2. The van der Waals surface area contributed by atoms with Crippen LogP contribution in [0.15, 0.2) is 72.9 Å². The van der Waals surface area contributed by atoms with Crippen LogP contribution in [0.3, 0.4) is 0 Å². The Morgan fingerprint density at radius 2 is 1.76 bits per heavy atom. The van der Waals surface area contributed by atoms with Crippen LogP contribution in [-0.2, 0) is 5.60 Å². The average Bonchev–Trinajstić information content (AvgIpc) is 3.17. The average molecular weight is 394 g/mol. The fraction of sp³-hybridized carbons (Fsp3) is 0.174. The maximum atomic E-state index is 13.8. The summed E-state index contributed by atoms with van der Waals surface area (Å²) >= 11 is 0. The molecule has 4 nitrogen and oxygen atoms in total. The van der Waals surface area contributed by atoms with E-state index in [1.54, 1.807) is 53.3 Å². The number of alkyl halides is 1. The highest BCUT2D eigenvalue weighted by molar-refractivity contribution is 5.81. The van der Waals surface area contributed by atoms with E-state index in [1.807, 2.05) is 19.1 Å². The lowest BCUT2D eigenvalue weighted by Gasteiger charge is -2.25. The van der Waals surface area contributed by atoms with Crippen molar-refractivity contribution in [2.75, 3.05) is 13.3 Å². The van der Waals surface area contributed by atoms with Crippen molar-refractivity contribution >= 4 is 10.9 Å². The van der Waals surface area contributed by atoms with E-state index in [2.05, 4.69) is 5.10 Å². The minimum atomic E-state index is -1.78. The Bertz CT molecular complexity index is 1120. The number of aliphatic hydroxyl groups is 1. The minimum Gasteiger partial charge on any atom is -0.490 e. The summed E-state index contributed by atoms with van der Waals surface area (Å²) in [5.41, 5.74) is 1.18. The number of benzene rings is 3. The van der Waals surface area contributed by atoms with Crippen molar-refractivity contribution in [1.82, 2.24) is 9.78 Å². The van der Waals surface area contributed by atoms with E-state index in [0.717, 1.165) is 16.5 Å². The lowest BCUT2D eigenvalue weighted by atomic mass is 9.95. The summed E-state index contributed by atoms with van der Waals surface area (Å²) in [4.78, 5) is 0. The van der Waals surface area contributed by atoms with E-state index in [0.29, 0.717) is 17.0 Å². The van der Waals surface area contributed by atoms with E-state index in [9.17, 15) is 13.9 Å². The van der Waals surface area contributed by atoms with Crippen LogP contribution in [0.4, 0.5) is 8.78 Å². The van der Waals surface area contributed by atoms with Crippen LogP contribution >= 0.6 is 0 Å². The number of aryl methyl sites for hydroxylation is 1. The van der Waals surface area contributed by atoms with Crippen LogP contribution in [-0.4, -0.2) is 28.2 Å². The fourth-order valence-electron chi connectivity index (χ4n) is 3.15. The normalized spacial score (nSPS) is 13.4. The molecule has 3 aromatic carbocycles. The van der Waals surface area contributed by atoms with Crippen LogP contribution in [0.1, 0.15) is 11.1 Å². The molecule has 1 heterocycles. The number of fused-ring (bicyclic) bond motifs is 1. The van der Waals surface area contributed by atoms with E-state index in [4.69, 9.17) is 4.74 Å². The van der Waals surface area contributed by atoms with E-state index >= 15 is 0 Å². The van der Waals surface area contributed by atoms with Crippen molar-refractivity contribution in [3.63, 3.8) is 0 Å².